The molecule has 102 valence electrons. The maximum absolute atomic E-state index is 12.3. The molecule has 7 heteroatoms. The number of rotatable bonds is 4. The van der Waals surface area contributed by atoms with Crippen molar-refractivity contribution in [3.63, 3.8) is 0 Å². The van der Waals surface area contributed by atoms with Gasteiger partial charge >= 0.3 is 0 Å². The van der Waals surface area contributed by atoms with Crippen LogP contribution in [0.1, 0.15) is 9.75 Å². The van der Waals surface area contributed by atoms with Crippen LogP contribution in [0, 0.1) is 13.8 Å². The van der Waals surface area contributed by atoms with E-state index in [9.17, 15) is 8.42 Å². The molecule has 1 unspecified atom stereocenters. The Bertz CT molecular complexity index is 524. The van der Waals surface area contributed by atoms with Crippen LogP contribution in [-0.4, -0.2) is 40.8 Å². The van der Waals surface area contributed by atoms with Crippen LogP contribution in [-0.2, 0) is 14.8 Å². The van der Waals surface area contributed by atoms with E-state index in [1.807, 2.05) is 13.8 Å². The van der Waals surface area contributed by atoms with E-state index in [2.05, 4.69) is 10.0 Å². The minimum Gasteiger partial charge on any atom is -0.378 e. The molecule has 0 spiro atoms. The third-order valence-corrected chi connectivity index (χ3v) is 5.76. The molecular formula is C11H18N2O3S2. The molecule has 1 aromatic rings. The lowest BCUT2D eigenvalue weighted by atomic mass is 10.2. The van der Waals surface area contributed by atoms with Crippen molar-refractivity contribution in [2.24, 2.45) is 0 Å². The molecule has 1 aliphatic heterocycles. The van der Waals surface area contributed by atoms with Gasteiger partial charge in [0.15, 0.2) is 0 Å². The predicted octanol–water partition coefficient (Wildman–Crippen LogP) is 0.630. The SMILES string of the molecule is CO[C@@H]1CNCC1NS(=O)(=O)c1cc(C)sc1C. The monoisotopic (exact) mass is 290 g/mol. The Labute approximate surface area is 112 Å². The molecule has 2 N–H and O–H groups in total. The average Bonchev–Trinajstić information content (AvgIpc) is 2.84. The van der Waals surface area contributed by atoms with Crippen LogP contribution in [0.25, 0.3) is 0 Å². The fourth-order valence-corrected chi connectivity index (χ4v) is 4.98. The Morgan fingerprint density at radius 1 is 1.44 bits per heavy atom. The van der Waals surface area contributed by atoms with Gasteiger partial charge in [0, 0.05) is 30.0 Å². The lowest BCUT2D eigenvalue weighted by Gasteiger charge is -2.18. The van der Waals surface area contributed by atoms with Gasteiger partial charge in [-0.05, 0) is 19.9 Å². The topological polar surface area (TPSA) is 67.4 Å². The molecule has 18 heavy (non-hydrogen) atoms. The summed E-state index contributed by atoms with van der Waals surface area (Å²) in [5.41, 5.74) is 0. The first kappa shape index (κ1) is 14.0. The molecule has 1 aliphatic rings. The van der Waals surface area contributed by atoms with E-state index in [1.54, 1.807) is 13.2 Å². The largest absolute Gasteiger partial charge is 0.378 e. The van der Waals surface area contributed by atoms with E-state index in [-0.39, 0.29) is 12.1 Å². The Morgan fingerprint density at radius 2 is 2.17 bits per heavy atom. The molecule has 0 radical (unpaired) electrons. The second kappa shape index (κ2) is 5.26. The minimum atomic E-state index is -3.46. The van der Waals surface area contributed by atoms with Crippen molar-refractivity contribution >= 4 is 21.4 Å². The zero-order valence-corrected chi connectivity index (χ0v) is 12.3. The van der Waals surface area contributed by atoms with Gasteiger partial charge in [0.2, 0.25) is 10.0 Å². The molecule has 1 aromatic heterocycles. The Kier molecular flexibility index (Phi) is 4.08. The summed E-state index contributed by atoms with van der Waals surface area (Å²) in [6, 6.07) is 1.51. The number of hydrogen-bond acceptors (Lipinski definition) is 5. The van der Waals surface area contributed by atoms with Crippen LogP contribution >= 0.6 is 11.3 Å². The summed E-state index contributed by atoms with van der Waals surface area (Å²) >= 11 is 1.49. The second-order valence-corrected chi connectivity index (χ2v) is 7.58. The summed E-state index contributed by atoms with van der Waals surface area (Å²) in [6.45, 7) is 5.00. The van der Waals surface area contributed by atoms with Gasteiger partial charge in [0.25, 0.3) is 0 Å². The zero-order chi connectivity index (χ0) is 13.3. The maximum atomic E-state index is 12.3. The van der Waals surface area contributed by atoms with Gasteiger partial charge in [-0.3, -0.25) is 0 Å². The van der Waals surface area contributed by atoms with Gasteiger partial charge in [-0.1, -0.05) is 0 Å². The molecule has 1 fully saturated rings. The molecule has 0 aromatic carbocycles. The molecule has 0 aliphatic carbocycles. The van der Waals surface area contributed by atoms with E-state index in [4.69, 9.17) is 4.74 Å². The van der Waals surface area contributed by atoms with Gasteiger partial charge in [-0.15, -0.1) is 11.3 Å². The van der Waals surface area contributed by atoms with E-state index in [0.717, 1.165) is 9.75 Å². The number of aryl methyl sites for hydroxylation is 2. The van der Waals surface area contributed by atoms with Crippen molar-refractivity contribution in [3.8, 4) is 0 Å². The molecule has 0 amide bonds. The fraction of sp³-hybridized carbons (Fsp3) is 0.636. The molecule has 0 saturated carbocycles. The molecule has 1 saturated heterocycles. The normalized spacial score (nSPS) is 24.6. The first-order valence-corrected chi connectivity index (χ1v) is 8.07. The van der Waals surface area contributed by atoms with Gasteiger partial charge in [0.05, 0.1) is 17.0 Å². The van der Waals surface area contributed by atoms with Crippen LogP contribution in [0.15, 0.2) is 11.0 Å². The Balaban J connectivity index is 2.19. The van der Waals surface area contributed by atoms with Gasteiger partial charge in [-0.25, -0.2) is 13.1 Å². The van der Waals surface area contributed by atoms with Crippen molar-refractivity contribution < 1.29 is 13.2 Å². The summed E-state index contributed by atoms with van der Waals surface area (Å²) in [6.07, 6.45) is -0.111. The Hall–Kier alpha value is -0.470. The van der Waals surface area contributed by atoms with E-state index >= 15 is 0 Å². The molecule has 5 nitrogen and oxygen atoms in total. The van der Waals surface area contributed by atoms with Crippen molar-refractivity contribution in [1.29, 1.82) is 0 Å². The van der Waals surface area contributed by atoms with Crippen molar-refractivity contribution in [1.82, 2.24) is 10.0 Å². The summed E-state index contributed by atoms with van der Waals surface area (Å²) in [5, 5.41) is 3.12. The van der Waals surface area contributed by atoms with Crippen LogP contribution < -0.4 is 10.0 Å². The van der Waals surface area contributed by atoms with Crippen molar-refractivity contribution in [2.45, 2.75) is 30.9 Å². The standard InChI is InChI=1S/C11H18N2O3S2/c1-7-4-11(8(2)17-7)18(14,15)13-9-5-12-6-10(9)16-3/h4,9-10,12-13H,5-6H2,1-3H3/t9?,10-/m1/s1. The van der Waals surface area contributed by atoms with Crippen molar-refractivity contribution in [3.05, 3.63) is 15.8 Å². The zero-order valence-electron chi connectivity index (χ0n) is 10.7. The smallest absolute Gasteiger partial charge is 0.242 e. The highest BCUT2D eigenvalue weighted by Crippen LogP contribution is 2.25. The minimum absolute atomic E-state index is 0.111. The number of nitrogens with one attached hydrogen (secondary N) is 2. The first-order chi connectivity index (χ1) is 8.44. The van der Waals surface area contributed by atoms with Gasteiger partial charge < -0.3 is 10.1 Å². The predicted molar refractivity (Wildman–Crippen MR) is 71.6 cm³/mol. The summed E-state index contributed by atoms with van der Waals surface area (Å²) in [7, 11) is -1.86. The third-order valence-electron chi connectivity index (χ3n) is 3.05. The molecule has 2 atom stereocenters. The van der Waals surface area contributed by atoms with E-state index < -0.39 is 10.0 Å². The maximum Gasteiger partial charge on any atom is 0.242 e. The summed E-state index contributed by atoms with van der Waals surface area (Å²) in [4.78, 5) is 2.20. The van der Waals surface area contributed by atoms with E-state index in [1.165, 1.54) is 11.3 Å². The number of methoxy groups -OCH3 is 1. The fourth-order valence-electron chi connectivity index (χ4n) is 2.16. The third kappa shape index (κ3) is 2.75. The lowest BCUT2D eigenvalue weighted by Crippen LogP contribution is -2.43. The van der Waals surface area contributed by atoms with E-state index in [0.29, 0.717) is 18.0 Å². The highest BCUT2D eigenvalue weighted by Gasteiger charge is 2.32. The highest BCUT2D eigenvalue weighted by atomic mass is 32.2. The van der Waals surface area contributed by atoms with Crippen LogP contribution in [0.5, 0.6) is 0 Å². The molecule has 0 bridgehead atoms. The summed E-state index contributed by atoms with van der Waals surface area (Å²) < 4.78 is 32.6. The Morgan fingerprint density at radius 3 is 2.72 bits per heavy atom. The van der Waals surface area contributed by atoms with Crippen LogP contribution in [0.4, 0.5) is 0 Å². The first-order valence-electron chi connectivity index (χ1n) is 5.77. The average molecular weight is 290 g/mol. The number of ether oxygens (including phenoxy) is 1. The number of thiophene rings is 1. The molecule has 2 rings (SSSR count). The van der Waals surface area contributed by atoms with Crippen molar-refractivity contribution in [2.75, 3.05) is 20.2 Å². The lowest BCUT2D eigenvalue weighted by molar-refractivity contribution is 0.103. The second-order valence-electron chi connectivity index (χ2n) is 4.44. The molecule has 2 heterocycles. The molecular weight excluding hydrogens is 272 g/mol. The van der Waals surface area contributed by atoms with Crippen LogP contribution in [0.3, 0.4) is 0 Å². The number of hydrogen-bond donors (Lipinski definition) is 2. The number of sulfonamides is 1. The van der Waals surface area contributed by atoms with Gasteiger partial charge in [-0.2, -0.15) is 0 Å². The highest BCUT2D eigenvalue weighted by molar-refractivity contribution is 7.89. The summed E-state index contributed by atoms with van der Waals surface area (Å²) in [5.74, 6) is 0. The van der Waals surface area contributed by atoms with Gasteiger partial charge in [0.1, 0.15) is 0 Å². The quantitative estimate of drug-likeness (QED) is 0.853. The van der Waals surface area contributed by atoms with Crippen LogP contribution in [0.2, 0.25) is 0 Å².